The van der Waals surface area contributed by atoms with E-state index in [0.717, 1.165) is 13.0 Å². The van der Waals surface area contributed by atoms with Crippen molar-refractivity contribution in [3.63, 3.8) is 0 Å². The van der Waals surface area contributed by atoms with Crippen molar-refractivity contribution in [2.45, 2.75) is 19.8 Å². The molecule has 0 bridgehead atoms. The Balaban J connectivity index is 2.38. The van der Waals surface area contributed by atoms with E-state index < -0.39 is 0 Å². The van der Waals surface area contributed by atoms with Gasteiger partial charge in [0, 0.05) is 12.2 Å². The predicted octanol–water partition coefficient (Wildman–Crippen LogP) is 2.39. The summed E-state index contributed by atoms with van der Waals surface area (Å²) in [6, 6.07) is 0. The van der Waals surface area contributed by atoms with Crippen LogP contribution in [0.5, 0.6) is 0 Å². The third-order valence-electron chi connectivity index (χ3n) is 1.58. The lowest BCUT2D eigenvalue weighted by Gasteiger charge is -2.03. The molecule has 0 aromatic rings. The highest BCUT2D eigenvalue weighted by Crippen LogP contribution is 2.01. The lowest BCUT2D eigenvalue weighted by molar-refractivity contribution is 0.782. The second kappa shape index (κ2) is 4.78. The van der Waals surface area contributed by atoms with Crippen molar-refractivity contribution < 1.29 is 0 Å². The molecule has 0 aromatic heterocycles. The largest absolute Gasteiger partial charge is 0.385 e. The highest BCUT2D eigenvalue weighted by molar-refractivity contribution is 5.24. The predicted molar refractivity (Wildman–Crippen MR) is 49.3 cm³/mol. The van der Waals surface area contributed by atoms with Gasteiger partial charge in [-0.05, 0) is 18.9 Å². The molecule has 60 valence electrons. The van der Waals surface area contributed by atoms with Gasteiger partial charge in [0.25, 0.3) is 0 Å². The first kappa shape index (κ1) is 8.12. The summed E-state index contributed by atoms with van der Waals surface area (Å²) < 4.78 is 0. The standard InChI is InChI=1S/C10H15N/c1-2-9-11-10-7-5-3-4-6-8-10/h3-5,7-8,11H,2,6,9H2,1H3. The molecule has 0 aromatic carbocycles. The van der Waals surface area contributed by atoms with E-state index in [4.69, 9.17) is 0 Å². The van der Waals surface area contributed by atoms with E-state index in [1.165, 1.54) is 12.1 Å². The van der Waals surface area contributed by atoms with Gasteiger partial charge in [0.1, 0.15) is 0 Å². The molecule has 0 radical (unpaired) electrons. The molecule has 1 aliphatic carbocycles. The summed E-state index contributed by atoms with van der Waals surface area (Å²) in [7, 11) is 0. The molecular weight excluding hydrogens is 134 g/mol. The maximum absolute atomic E-state index is 3.35. The molecular formula is C10H15N. The van der Waals surface area contributed by atoms with Crippen molar-refractivity contribution in [2.75, 3.05) is 6.54 Å². The van der Waals surface area contributed by atoms with Crippen LogP contribution in [0.15, 0.2) is 36.1 Å². The number of allylic oxidation sites excluding steroid dienone is 5. The zero-order valence-corrected chi connectivity index (χ0v) is 7.01. The van der Waals surface area contributed by atoms with Crippen molar-refractivity contribution >= 4 is 0 Å². The molecule has 0 heterocycles. The van der Waals surface area contributed by atoms with Crippen LogP contribution in [-0.2, 0) is 0 Å². The van der Waals surface area contributed by atoms with Gasteiger partial charge >= 0.3 is 0 Å². The minimum Gasteiger partial charge on any atom is -0.385 e. The van der Waals surface area contributed by atoms with Gasteiger partial charge < -0.3 is 5.32 Å². The van der Waals surface area contributed by atoms with Gasteiger partial charge in [-0.2, -0.15) is 0 Å². The number of hydrogen-bond acceptors (Lipinski definition) is 1. The van der Waals surface area contributed by atoms with Gasteiger partial charge in [0.15, 0.2) is 0 Å². The summed E-state index contributed by atoms with van der Waals surface area (Å²) in [4.78, 5) is 0. The Kier molecular flexibility index (Phi) is 3.53. The molecule has 0 unspecified atom stereocenters. The lowest BCUT2D eigenvalue weighted by Crippen LogP contribution is -2.11. The minimum absolute atomic E-state index is 1.04. The van der Waals surface area contributed by atoms with Crippen LogP contribution in [0.1, 0.15) is 19.8 Å². The number of rotatable bonds is 3. The molecule has 0 amide bonds. The molecule has 1 heteroatoms. The molecule has 0 aliphatic heterocycles. The van der Waals surface area contributed by atoms with Gasteiger partial charge in [-0.15, -0.1) is 0 Å². The molecule has 0 fully saturated rings. The van der Waals surface area contributed by atoms with Crippen LogP contribution >= 0.6 is 0 Å². The summed E-state index contributed by atoms with van der Waals surface area (Å²) in [6.07, 6.45) is 12.8. The van der Waals surface area contributed by atoms with Gasteiger partial charge in [-0.3, -0.25) is 0 Å². The third-order valence-corrected chi connectivity index (χ3v) is 1.58. The van der Waals surface area contributed by atoms with E-state index in [9.17, 15) is 0 Å². The maximum atomic E-state index is 3.35. The summed E-state index contributed by atoms with van der Waals surface area (Å²) >= 11 is 0. The highest BCUT2D eigenvalue weighted by Gasteiger charge is 1.89. The first-order chi connectivity index (χ1) is 5.43. The average Bonchev–Trinajstić information content (AvgIpc) is 2.28. The SMILES string of the molecule is CCCNC1=CCC=CC=C1. The Morgan fingerprint density at radius 3 is 3.18 bits per heavy atom. The Labute approximate surface area is 68.5 Å². The van der Waals surface area contributed by atoms with E-state index in [2.05, 4.69) is 42.6 Å². The lowest BCUT2D eigenvalue weighted by atomic mass is 10.3. The summed E-state index contributed by atoms with van der Waals surface area (Å²) in [5, 5.41) is 3.35. The molecule has 1 nitrogen and oxygen atoms in total. The highest BCUT2D eigenvalue weighted by atomic mass is 14.9. The van der Waals surface area contributed by atoms with Crippen molar-refractivity contribution in [2.24, 2.45) is 0 Å². The van der Waals surface area contributed by atoms with Crippen LogP contribution in [0.25, 0.3) is 0 Å². The smallest absolute Gasteiger partial charge is 0.0302 e. The van der Waals surface area contributed by atoms with Crippen molar-refractivity contribution in [3.8, 4) is 0 Å². The molecule has 0 saturated carbocycles. The first-order valence-electron chi connectivity index (χ1n) is 4.20. The Hall–Kier alpha value is -0.980. The first-order valence-corrected chi connectivity index (χ1v) is 4.20. The van der Waals surface area contributed by atoms with E-state index >= 15 is 0 Å². The Bertz CT molecular complexity index is 187. The van der Waals surface area contributed by atoms with E-state index in [1.54, 1.807) is 0 Å². The van der Waals surface area contributed by atoms with E-state index in [1.807, 2.05) is 0 Å². The molecule has 0 spiro atoms. The van der Waals surface area contributed by atoms with E-state index in [0.29, 0.717) is 0 Å². The fourth-order valence-electron chi connectivity index (χ4n) is 0.980. The van der Waals surface area contributed by atoms with Crippen LogP contribution < -0.4 is 5.32 Å². The van der Waals surface area contributed by atoms with Crippen LogP contribution in [0.4, 0.5) is 0 Å². The third kappa shape index (κ3) is 3.08. The molecule has 0 saturated heterocycles. The Morgan fingerprint density at radius 1 is 1.45 bits per heavy atom. The van der Waals surface area contributed by atoms with Gasteiger partial charge in [-0.1, -0.05) is 31.2 Å². The van der Waals surface area contributed by atoms with Crippen LogP contribution in [0.3, 0.4) is 0 Å². The number of hydrogen-bond donors (Lipinski definition) is 1. The quantitative estimate of drug-likeness (QED) is 0.649. The molecule has 1 N–H and O–H groups in total. The molecule has 1 rings (SSSR count). The zero-order chi connectivity index (χ0) is 7.94. The second-order valence-electron chi connectivity index (χ2n) is 2.61. The van der Waals surface area contributed by atoms with Gasteiger partial charge in [0.2, 0.25) is 0 Å². The second-order valence-corrected chi connectivity index (χ2v) is 2.61. The summed E-state index contributed by atoms with van der Waals surface area (Å²) in [5.74, 6) is 0. The van der Waals surface area contributed by atoms with Crippen molar-refractivity contribution in [1.29, 1.82) is 0 Å². The van der Waals surface area contributed by atoms with Crippen LogP contribution in [0, 0.1) is 0 Å². The van der Waals surface area contributed by atoms with Gasteiger partial charge in [-0.25, -0.2) is 0 Å². The van der Waals surface area contributed by atoms with Crippen LogP contribution in [-0.4, -0.2) is 6.54 Å². The molecule has 11 heavy (non-hydrogen) atoms. The zero-order valence-electron chi connectivity index (χ0n) is 7.01. The topological polar surface area (TPSA) is 12.0 Å². The monoisotopic (exact) mass is 149 g/mol. The number of nitrogens with one attached hydrogen (secondary N) is 1. The normalized spacial score (nSPS) is 15.9. The maximum Gasteiger partial charge on any atom is 0.0302 e. The fraction of sp³-hybridized carbons (Fsp3) is 0.400. The minimum atomic E-state index is 1.04. The van der Waals surface area contributed by atoms with E-state index in [-0.39, 0.29) is 0 Å². The summed E-state index contributed by atoms with van der Waals surface area (Å²) in [6.45, 7) is 3.24. The van der Waals surface area contributed by atoms with Gasteiger partial charge in [0.05, 0.1) is 0 Å². The Morgan fingerprint density at radius 2 is 2.36 bits per heavy atom. The average molecular weight is 149 g/mol. The van der Waals surface area contributed by atoms with Crippen molar-refractivity contribution in [3.05, 3.63) is 36.1 Å². The van der Waals surface area contributed by atoms with Crippen LogP contribution in [0.2, 0.25) is 0 Å². The molecule has 1 aliphatic rings. The fourth-order valence-corrected chi connectivity index (χ4v) is 0.980. The summed E-state index contributed by atoms with van der Waals surface area (Å²) in [5.41, 5.74) is 1.25. The molecule has 0 atom stereocenters. The van der Waals surface area contributed by atoms with Crippen molar-refractivity contribution in [1.82, 2.24) is 5.32 Å².